The molecule has 1 fully saturated rings. The second kappa shape index (κ2) is 11.4. The predicted octanol–water partition coefficient (Wildman–Crippen LogP) is 5.67. The fourth-order valence-electron chi connectivity index (χ4n) is 4.65. The molecule has 1 unspecified atom stereocenters. The predicted molar refractivity (Wildman–Crippen MR) is 143 cm³/mol. The largest absolute Gasteiger partial charge is 0.489 e. The minimum absolute atomic E-state index is 0.0880. The molecule has 192 valence electrons. The summed E-state index contributed by atoms with van der Waals surface area (Å²) < 4.78 is 19.8. The zero-order valence-electron chi connectivity index (χ0n) is 21.1. The molecule has 1 aliphatic rings. The monoisotopic (exact) mass is 507 g/mol. The van der Waals surface area contributed by atoms with Crippen molar-refractivity contribution in [3.8, 4) is 11.5 Å². The van der Waals surface area contributed by atoms with Gasteiger partial charge in [-0.15, -0.1) is 5.10 Å². The Hall–Kier alpha value is -4.30. The Balaban J connectivity index is 1.06. The Bertz CT molecular complexity index is 1500. The zero-order valence-corrected chi connectivity index (χ0v) is 21.1. The molecular formula is C30H29N5O3. The second-order valence-corrected chi connectivity index (χ2v) is 9.35. The Morgan fingerprint density at radius 1 is 0.789 bits per heavy atom. The number of benzene rings is 3. The van der Waals surface area contributed by atoms with Crippen molar-refractivity contribution in [1.82, 2.24) is 25.2 Å². The number of tetrazole rings is 1. The number of rotatable bonds is 9. The summed E-state index contributed by atoms with van der Waals surface area (Å²) in [6, 6.07) is 28.0. The van der Waals surface area contributed by atoms with Crippen LogP contribution in [0.4, 0.5) is 0 Å². The number of hydrogen-bond donors (Lipinski definition) is 0. The first kappa shape index (κ1) is 24.1. The van der Waals surface area contributed by atoms with Crippen LogP contribution in [0, 0.1) is 0 Å². The van der Waals surface area contributed by atoms with E-state index >= 15 is 0 Å². The number of aromatic nitrogens is 5. The van der Waals surface area contributed by atoms with Gasteiger partial charge in [-0.2, -0.15) is 0 Å². The van der Waals surface area contributed by atoms with Crippen LogP contribution < -0.4 is 9.47 Å². The lowest BCUT2D eigenvalue weighted by Gasteiger charge is -2.23. The first-order valence-corrected chi connectivity index (χ1v) is 13.0. The minimum Gasteiger partial charge on any atom is -0.489 e. The number of fused-ring (bicyclic) bond motifs is 1. The lowest BCUT2D eigenvalue weighted by Crippen LogP contribution is -2.21. The van der Waals surface area contributed by atoms with Crippen LogP contribution in [0.15, 0.2) is 84.9 Å². The molecule has 0 saturated carbocycles. The molecule has 1 aliphatic heterocycles. The van der Waals surface area contributed by atoms with Gasteiger partial charge in [0, 0.05) is 18.4 Å². The summed E-state index contributed by atoms with van der Waals surface area (Å²) in [6.07, 6.45) is 3.67. The highest BCUT2D eigenvalue weighted by Crippen LogP contribution is 2.25. The summed E-state index contributed by atoms with van der Waals surface area (Å²) >= 11 is 0. The lowest BCUT2D eigenvalue weighted by molar-refractivity contribution is -0.0420. The molecule has 0 radical (unpaired) electrons. The molecule has 3 heterocycles. The van der Waals surface area contributed by atoms with Crippen molar-refractivity contribution in [3.63, 3.8) is 0 Å². The van der Waals surface area contributed by atoms with Crippen LogP contribution in [0.2, 0.25) is 0 Å². The van der Waals surface area contributed by atoms with Crippen molar-refractivity contribution >= 4 is 10.9 Å². The van der Waals surface area contributed by atoms with Gasteiger partial charge in [0.25, 0.3) is 0 Å². The molecule has 0 spiro atoms. The maximum Gasteiger partial charge on any atom is 0.158 e. The van der Waals surface area contributed by atoms with E-state index in [4.69, 9.17) is 14.2 Å². The smallest absolute Gasteiger partial charge is 0.158 e. The molecule has 1 saturated heterocycles. The standard InChI is InChI=1S/C30H29N5O3/c1-2-9-24(23(8-1)19-29-32-33-34-35(29)30-11-5-6-18-36-30)20-37-26-14-16-27(17-15-26)38-21-25-13-12-22-7-3-4-10-28(22)31-25/h1-4,7-10,12-17,30H,5-6,11,18-21H2. The summed E-state index contributed by atoms with van der Waals surface area (Å²) in [5, 5.41) is 13.5. The summed E-state index contributed by atoms with van der Waals surface area (Å²) in [4.78, 5) is 4.67. The molecular weight excluding hydrogens is 478 g/mol. The van der Waals surface area contributed by atoms with Gasteiger partial charge in [-0.25, -0.2) is 9.67 Å². The number of ether oxygens (including phenoxy) is 3. The van der Waals surface area contributed by atoms with Crippen molar-refractivity contribution in [2.24, 2.45) is 0 Å². The van der Waals surface area contributed by atoms with Gasteiger partial charge in [-0.3, -0.25) is 0 Å². The fraction of sp³-hybridized carbons (Fsp3) is 0.267. The topological polar surface area (TPSA) is 84.2 Å². The Morgan fingerprint density at radius 2 is 1.55 bits per heavy atom. The van der Waals surface area contributed by atoms with Crippen molar-refractivity contribution in [2.45, 2.75) is 45.1 Å². The third kappa shape index (κ3) is 5.65. The zero-order chi connectivity index (χ0) is 25.6. The van der Waals surface area contributed by atoms with Crippen LogP contribution in [0.5, 0.6) is 11.5 Å². The van der Waals surface area contributed by atoms with Gasteiger partial charge in [0.1, 0.15) is 24.7 Å². The average molecular weight is 508 g/mol. The fourth-order valence-corrected chi connectivity index (χ4v) is 4.65. The highest BCUT2D eigenvalue weighted by molar-refractivity contribution is 5.78. The van der Waals surface area contributed by atoms with Gasteiger partial charge in [-0.05, 0) is 77.2 Å². The van der Waals surface area contributed by atoms with Gasteiger partial charge in [-0.1, -0.05) is 48.5 Å². The Labute approximate surface area is 221 Å². The van der Waals surface area contributed by atoms with E-state index < -0.39 is 0 Å². The molecule has 38 heavy (non-hydrogen) atoms. The molecule has 0 bridgehead atoms. The van der Waals surface area contributed by atoms with Crippen LogP contribution in [-0.4, -0.2) is 31.8 Å². The SMILES string of the molecule is c1ccc(Cc2nnnn2C2CCCCO2)c(COc2ccc(OCc3ccc4ccccc4n3)cc2)c1. The summed E-state index contributed by atoms with van der Waals surface area (Å²) in [7, 11) is 0. The van der Waals surface area contributed by atoms with E-state index in [9.17, 15) is 0 Å². The van der Waals surface area contributed by atoms with Crippen molar-refractivity contribution in [1.29, 1.82) is 0 Å². The van der Waals surface area contributed by atoms with E-state index in [1.54, 1.807) is 0 Å². The normalized spacial score (nSPS) is 15.4. The third-order valence-electron chi connectivity index (χ3n) is 6.72. The molecule has 8 nitrogen and oxygen atoms in total. The third-order valence-corrected chi connectivity index (χ3v) is 6.72. The Morgan fingerprint density at radius 3 is 2.37 bits per heavy atom. The molecule has 0 aliphatic carbocycles. The number of para-hydroxylation sites is 1. The molecule has 5 aromatic rings. The Kier molecular flexibility index (Phi) is 7.22. The van der Waals surface area contributed by atoms with Crippen LogP contribution in [0.25, 0.3) is 10.9 Å². The molecule has 8 heteroatoms. The molecule has 6 rings (SSSR count). The quantitative estimate of drug-likeness (QED) is 0.254. The molecule has 2 aromatic heterocycles. The first-order valence-electron chi connectivity index (χ1n) is 13.0. The van der Waals surface area contributed by atoms with E-state index in [2.05, 4.69) is 44.8 Å². The van der Waals surface area contributed by atoms with Gasteiger partial charge in [0.05, 0.1) is 11.2 Å². The average Bonchev–Trinajstić information content (AvgIpc) is 3.45. The maximum atomic E-state index is 6.11. The highest BCUT2D eigenvalue weighted by atomic mass is 16.5. The second-order valence-electron chi connectivity index (χ2n) is 9.35. The van der Waals surface area contributed by atoms with Crippen LogP contribution in [0.1, 0.15) is 48.1 Å². The van der Waals surface area contributed by atoms with Gasteiger partial charge in [0.2, 0.25) is 0 Å². The van der Waals surface area contributed by atoms with Gasteiger partial charge < -0.3 is 14.2 Å². The van der Waals surface area contributed by atoms with Gasteiger partial charge in [0.15, 0.2) is 12.1 Å². The van der Waals surface area contributed by atoms with Crippen LogP contribution >= 0.6 is 0 Å². The van der Waals surface area contributed by atoms with E-state index in [1.807, 2.05) is 65.3 Å². The van der Waals surface area contributed by atoms with Crippen molar-refractivity contribution in [2.75, 3.05) is 6.61 Å². The van der Waals surface area contributed by atoms with Crippen molar-refractivity contribution < 1.29 is 14.2 Å². The van der Waals surface area contributed by atoms with E-state index in [-0.39, 0.29) is 6.23 Å². The molecule has 0 amide bonds. The van der Waals surface area contributed by atoms with E-state index in [1.165, 1.54) is 0 Å². The van der Waals surface area contributed by atoms with E-state index in [0.717, 1.165) is 70.9 Å². The molecule has 1 atom stereocenters. The highest BCUT2D eigenvalue weighted by Gasteiger charge is 2.21. The van der Waals surface area contributed by atoms with Crippen LogP contribution in [-0.2, 0) is 24.4 Å². The van der Waals surface area contributed by atoms with Gasteiger partial charge >= 0.3 is 0 Å². The maximum absolute atomic E-state index is 6.11. The van der Waals surface area contributed by atoms with Crippen LogP contribution in [0.3, 0.4) is 0 Å². The number of hydrogen-bond acceptors (Lipinski definition) is 7. The molecule has 0 N–H and O–H groups in total. The number of pyridine rings is 1. The summed E-state index contributed by atoms with van der Waals surface area (Å²) in [5.41, 5.74) is 4.08. The lowest BCUT2D eigenvalue weighted by atomic mass is 10.0. The van der Waals surface area contributed by atoms with Crippen molar-refractivity contribution in [3.05, 3.63) is 108 Å². The first-order chi connectivity index (χ1) is 18.8. The summed E-state index contributed by atoms with van der Waals surface area (Å²) in [5.74, 6) is 2.34. The minimum atomic E-state index is -0.0880. The summed E-state index contributed by atoms with van der Waals surface area (Å²) in [6.45, 7) is 1.60. The van der Waals surface area contributed by atoms with E-state index in [0.29, 0.717) is 19.6 Å². The number of nitrogens with zero attached hydrogens (tertiary/aromatic N) is 5. The molecule has 3 aromatic carbocycles.